The average molecular weight is 335 g/mol. The molecule has 1 amide bonds. The molecule has 1 saturated heterocycles. The molecule has 0 radical (unpaired) electrons. The van der Waals surface area contributed by atoms with Gasteiger partial charge in [-0.05, 0) is 25.1 Å². The average Bonchev–Trinajstić information content (AvgIpc) is 2.96. The molecule has 0 unspecified atom stereocenters. The molecule has 0 saturated carbocycles. The van der Waals surface area contributed by atoms with Crippen molar-refractivity contribution in [1.82, 2.24) is 14.5 Å². The first-order valence-corrected chi connectivity index (χ1v) is 7.79. The Hall–Kier alpha value is -2.48. The first kappa shape index (κ1) is 16.4. The number of amides is 1. The number of hydrogen-bond acceptors (Lipinski definition) is 4. The fraction of sp³-hybridized carbons (Fsp3) is 0.438. The van der Waals surface area contributed by atoms with Crippen LogP contribution in [0.15, 0.2) is 27.8 Å². The van der Waals surface area contributed by atoms with E-state index in [0.29, 0.717) is 17.6 Å². The fourth-order valence-electron chi connectivity index (χ4n) is 3.17. The summed E-state index contributed by atoms with van der Waals surface area (Å²) in [5.41, 5.74) is -0.255. The molecule has 1 aliphatic heterocycles. The van der Waals surface area contributed by atoms with Crippen molar-refractivity contribution in [3.05, 3.63) is 44.5 Å². The third-order valence-electron chi connectivity index (χ3n) is 4.37. The molecular formula is C16H18FN3O4. The van der Waals surface area contributed by atoms with Gasteiger partial charge in [-0.2, -0.15) is 0 Å². The minimum absolute atomic E-state index is 0.0624. The zero-order chi connectivity index (χ0) is 17.4. The second-order valence-electron chi connectivity index (χ2n) is 5.86. The number of nitrogens with zero attached hydrogens (tertiary/aromatic N) is 2. The van der Waals surface area contributed by atoms with E-state index >= 15 is 0 Å². The third-order valence-corrected chi connectivity index (χ3v) is 4.37. The summed E-state index contributed by atoms with van der Waals surface area (Å²) in [6.45, 7) is 1.71. The molecule has 0 spiro atoms. The van der Waals surface area contributed by atoms with E-state index in [1.165, 1.54) is 21.6 Å². The number of carbonyl (C=O) groups excluding carboxylic acids is 1. The van der Waals surface area contributed by atoms with Crippen molar-refractivity contribution < 1.29 is 14.3 Å². The highest BCUT2D eigenvalue weighted by Gasteiger charge is 2.35. The van der Waals surface area contributed by atoms with Gasteiger partial charge < -0.3 is 19.6 Å². The lowest BCUT2D eigenvalue weighted by molar-refractivity contribution is 0.0673. The standard InChI is InChI=1S/C16H18FN3O4/c1-2-19-13-4-3-9(5-12(13)18-14(22)16(19)24)15(23)20-7-10(17)6-11(20)8-21/h3-5,10-11,21H,2,6-8H2,1H3,(H,18,22)/t10-,11-/m0/s1. The van der Waals surface area contributed by atoms with Crippen LogP contribution in [0.5, 0.6) is 0 Å². The van der Waals surface area contributed by atoms with Gasteiger partial charge in [0, 0.05) is 18.5 Å². The summed E-state index contributed by atoms with van der Waals surface area (Å²) in [7, 11) is 0. The van der Waals surface area contributed by atoms with Crippen LogP contribution in [0.25, 0.3) is 11.0 Å². The van der Waals surface area contributed by atoms with E-state index in [4.69, 9.17) is 0 Å². The van der Waals surface area contributed by atoms with Crippen molar-refractivity contribution in [2.45, 2.75) is 32.1 Å². The van der Waals surface area contributed by atoms with E-state index in [1.54, 1.807) is 13.0 Å². The fourth-order valence-corrected chi connectivity index (χ4v) is 3.17. The number of fused-ring (bicyclic) bond motifs is 1. The van der Waals surface area contributed by atoms with E-state index in [9.17, 15) is 23.9 Å². The zero-order valence-corrected chi connectivity index (χ0v) is 13.2. The second-order valence-corrected chi connectivity index (χ2v) is 5.86. The number of aliphatic hydroxyl groups excluding tert-OH is 1. The predicted octanol–water partition coefficient (Wildman–Crippen LogP) is 0.255. The van der Waals surface area contributed by atoms with Crippen LogP contribution in [0.3, 0.4) is 0 Å². The van der Waals surface area contributed by atoms with Crippen LogP contribution in [-0.4, -0.2) is 50.8 Å². The molecule has 2 atom stereocenters. The number of likely N-dealkylation sites (tertiary alicyclic amines) is 1. The summed E-state index contributed by atoms with van der Waals surface area (Å²) >= 11 is 0. The monoisotopic (exact) mass is 335 g/mol. The topological polar surface area (TPSA) is 95.4 Å². The number of alkyl halides is 1. The molecule has 1 aliphatic rings. The number of aromatic nitrogens is 2. The number of aromatic amines is 1. The highest BCUT2D eigenvalue weighted by molar-refractivity contribution is 5.97. The number of nitrogens with one attached hydrogen (secondary N) is 1. The molecule has 1 aromatic heterocycles. The number of halogens is 1. The Bertz CT molecular complexity index is 904. The van der Waals surface area contributed by atoms with E-state index in [0.717, 1.165) is 0 Å². The number of H-pyrrole nitrogens is 1. The SMILES string of the molecule is CCn1c(=O)c(=O)[nH]c2cc(C(=O)N3C[C@@H](F)C[C@H]3CO)ccc21. The molecule has 24 heavy (non-hydrogen) atoms. The lowest BCUT2D eigenvalue weighted by Gasteiger charge is -2.22. The summed E-state index contributed by atoms with van der Waals surface area (Å²) in [6.07, 6.45) is -1.04. The summed E-state index contributed by atoms with van der Waals surface area (Å²) in [6, 6.07) is 4.05. The first-order valence-electron chi connectivity index (χ1n) is 7.79. The Morgan fingerprint density at radius 2 is 2.17 bits per heavy atom. The van der Waals surface area contributed by atoms with Gasteiger partial charge in [0.2, 0.25) is 0 Å². The first-order chi connectivity index (χ1) is 11.5. The number of aliphatic hydroxyl groups is 1. The number of rotatable bonds is 3. The summed E-state index contributed by atoms with van der Waals surface area (Å²) in [5, 5.41) is 9.31. The van der Waals surface area contributed by atoms with Crippen LogP contribution in [0, 0.1) is 0 Å². The van der Waals surface area contributed by atoms with Gasteiger partial charge in [0.25, 0.3) is 5.91 Å². The Labute approximate surface area is 136 Å². The summed E-state index contributed by atoms with van der Waals surface area (Å²) in [5.74, 6) is -0.411. The molecule has 128 valence electrons. The van der Waals surface area contributed by atoms with Crippen LogP contribution in [-0.2, 0) is 6.54 Å². The number of benzene rings is 1. The number of aryl methyl sites for hydroxylation is 1. The molecule has 1 aromatic carbocycles. The van der Waals surface area contributed by atoms with Gasteiger partial charge in [0.1, 0.15) is 6.17 Å². The van der Waals surface area contributed by atoms with Gasteiger partial charge in [0.15, 0.2) is 0 Å². The normalized spacial score (nSPS) is 20.7. The largest absolute Gasteiger partial charge is 0.394 e. The Balaban J connectivity index is 2.05. The zero-order valence-electron chi connectivity index (χ0n) is 13.2. The van der Waals surface area contributed by atoms with E-state index in [-0.39, 0.29) is 25.1 Å². The smallest absolute Gasteiger partial charge is 0.316 e. The maximum atomic E-state index is 13.5. The van der Waals surface area contributed by atoms with Crippen molar-refractivity contribution in [3.8, 4) is 0 Å². The molecule has 0 aliphatic carbocycles. The predicted molar refractivity (Wildman–Crippen MR) is 85.9 cm³/mol. The van der Waals surface area contributed by atoms with Crippen LogP contribution in [0.4, 0.5) is 4.39 Å². The molecule has 2 aromatic rings. The van der Waals surface area contributed by atoms with Crippen molar-refractivity contribution in [1.29, 1.82) is 0 Å². The van der Waals surface area contributed by atoms with E-state index in [1.807, 2.05) is 0 Å². The van der Waals surface area contributed by atoms with E-state index < -0.39 is 29.2 Å². The molecular weight excluding hydrogens is 317 g/mol. The molecule has 3 rings (SSSR count). The van der Waals surface area contributed by atoms with Gasteiger partial charge in [-0.25, -0.2) is 4.39 Å². The Kier molecular flexibility index (Phi) is 4.23. The van der Waals surface area contributed by atoms with Gasteiger partial charge >= 0.3 is 11.1 Å². The highest BCUT2D eigenvalue weighted by Crippen LogP contribution is 2.23. The molecule has 8 heteroatoms. The molecule has 2 heterocycles. The van der Waals surface area contributed by atoms with Gasteiger partial charge in [-0.3, -0.25) is 14.4 Å². The number of hydrogen-bond donors (Lipinski definition) is 2. The Morgan fingerprint density at radius 1 is 1.42 bits per heavy atom. The van der Waals surface area contributed by atoms with Crippen LogP contribution < -0.4 is 11.1 Å². The minimum Gasteiger partial charge on any atom is -0.394 e. The summed E-state index contributed by atoms with van der Waals surface area (Å²) in [4.78, 5) is 39.9. The third kappa shape index (κ3) is 2.62. The minimum atomic E-state index is -1.16. The molecule has 1 fully saturated rings. The molecule has 7 nitrogen and oxygen atoms in total. The molecule has 0 bridgehead atoms. The summed E-state index contributed by atoms with van der Waals surface area (Å²) < 4.78 is 14.9. The van der Waals surface area contributed by atoms with Crippen LogP contribution in [0.2, 0.25) is 0 Å². The number of carbonyl (C=O) groups is 1. The van der Waals surface area contributed by atoms with Crippen molar-refractivity contribution in [3.63, 3.8) is 0 Å². The van der Waals surface area contributed by atoms with Gasteiger partial charge in [0.05, 0.1) is 30.2 Å². The van der Waals surface area contributed by atoms with Crippen molar-refractivity contribution >= 4 is 16.9 Å². The Morgan fingerprint density at radius 3 is 2.83 bits per heavy atom. The van der Waals surface area contributed by atoms with Crippen LogP contribution >= 0.6 is 0 Å². The quantitative estimate of drug-likeness (QED) is 0.786. The lowest BCUT2D eigenvalue weighted by Crippen LogP contribution is -2.38. The van der Waals surface area contributed by atoms with Crippen molar-refractivity contribution in [2.24, 2.45) is 0 Å². The van der Waals surface area contributed by atoms with Crippen molar-refractivity contribution in [2.75, 3.05) is 13.2 Å². The van der Waals surface area contributed by atoms with Crippen LogP contribution in [0.1, 0.15) is 23.7 Å². The van der Waals surface area contributed by atoms with E-state index in [2.05, 4.69) is 4.98 Å². The van der Waals surface area contributed by atoms with Gasteiger partial charge in [-0.15, -0.1) is 0 Å². The second kappa shape index (κ2) is 6.20. The maximum Gasteiger partial charge on any atom is 0.316 e. The molecule has 2 N–H and O–H groups in total. The lowest BCUT2D eigenvalue weighted by atomic mass is 10.1. The van der Waals surface area contributed by atoms with Gasteiger partial charge in [-0.1, -0.05) is 0 Å². The maximum absolute atomic E-state index is 13.5. The highest BCUT2D eigenvalue weighted by atomic mass is 19.1.